The Bertz CT molecular complexity index is 624. The number of amidine groups is 1. The van der Waals surface area contributed by atoms with Gasteiger partial charge >= 0.3 is 0 Å². The lowest BCUT2D eigenvalue weighted by atomic mass is 10.1. The van der Waals surface area contributed by atoms with Crippen molar-refractivity contribution in [2.45, 2.75) is 26.4 Å². The Kier molecular flexibility index (Phi) is 6.73. The molecule has 0 aliphatic heterocycles. The van der Waals surface area contributed by atoms with Gasteiger partial charge in [-0.25, -0.2) is 0 Å². The Labute approximate surface area is 138 Å². The second-order valence-electron chi connectivity index (χ2n) is 5.25. The van der Waals surface area contributed by atoms with Crippen molar-refractivity contribution in [3.8, 4) is 0 Å². The van der Waals surface area contributed by atoms with Crippen molar-refractivity contribution >= 4 is 29.6 Å². The fourth-order valence-electron chi connectivity index (χ4n) is 2.03. The van der Waals surface area contributed by atoms with Crippen molar-refractivity contribution in [3.63, 3.8) is 0 Å². The summed E-state index contributed by atoms with van der Waals surface area (Å²) in [6.07, 6.45) is 0. The number of rotatable bonds is 5. The highest BCUT2D eigenvalue weighted by Gasteiger charge is 2.04. The quantitative estimate of drug-likeness (QED) is 0.449. The van der Waals surface area contributed by atoms with Crippen molar-refractivity contribution < 1.29 is 0 Å². The van der Waals surface area contributed by atoms with Gasteiger partial charge in [-0.2, -0.15) is 0 Å². The van der Waals surface area contributed by atoms with Crippen LogP contribution in [0.2, 0.25) is 0 Å². The molecule has 0 aliphatic carbocycles. The molecule has 0 aromatic heterocycles. The summed E-state index contributed by atoms with van der Waals surface area (Å²) < 4.78 is 0. The van der Waals surface area contributed by atoms with Crippen LogP contribution in [0.15, 0.2) is 53.5 Å². The third-order valence-electron chi connectivity index (χ3n) is 3.07. The molecule has 0 unspecified atom stereocenters. The van der Waals surface area contributed by atoms with Crippen molar-refractivity contribution in [2.75, 3.05) is 11.1 Å². The van der Waals surface area contributed by atoms with Gasteiger partial charge in [0, 0.05) is 18.2 Å². The van der Waals surface area contributed by atoms with E-state index < -0.39 is 0 Å². The minimum atomic E-state index is 0. The molecule has 4 nitrogen and oxygen atoms in total. The number of hydrogen-bond acceptors (Lipinski definition) is 3. The fourth-order valence-corrected chi connectivity index (χ4v) is 2.03. The summed E-state index contributed by atoms with van der Waals surface area (Å²) in [5.74, 6) is 0.520. The maximum Gasteiger partial charge on any atom is 0.125 e. The van der Waals surface area contributed by atoms with Crippen LogP contribution in [0.4, 0.5) is 11.4 Å². The van der Waals surface area contributed by atoms with Gasteiger partial charge in [0.2, 0.25) is 0 Å². The van der Waals surface area contributed by atoms with E-state index >= 15 is 0 Å². The van der Waals surface area contributed by atoms with Gasteiger partial charge in [-0.05, 0) is 37.6 Å². The van der Waals surface area contributed by atoms with Crippen LogP contribution in [0.25, 0.3) is 0 Å². The van der Waals surface area contributed by atoms with Crippen molar-refractivity contribution in [1.82, 2.24) is 0 Å². The fraction of sp³-hybridized carbons (Fsp3) is 0.235. The third kappa shape index (κ3) is 4.97. The van der Waals surface area contributed by atoms with Gasteiger partial charge in [0.1, 0.15) is 5.84 Å². The number of nitrogens with zero attached hydrogens (tertiary/aromatic N) is 1. The number of benzene rings is 2. The van der Waals surface area contributed by atoms with E-state index in [4.69, 9.17) is 11.5 Å². The molecule has 0 fully saturated rings. The predicted molar refractivity (Wildman–Crippen MR) is 97.7 cm³/mol. The monoisotopic (exact) mass is 318 g/mol. The van der Waals surface area contributed by atoms with E-state index in [1.807, 2.05) is 50.2 Å². The van der Waals surface area contributed by atoms with Crippen LogP contribution in [0.1, 0.15) is 25.0 Å². The first-order chi connectivity index (χ1) is 10.1. The Hall–Kier alpha value is -2.20. The summed E-state index contributed by atoms with van der Waals surface area (Å²) in [5.41, 5.74) is 15.7. The van der Waals surface area contributed by atoms with E-state index in [0.29, 0.717) is 11.5 Å². The molecule has 0 saturated carbocycles. The van der Waals surface area contributed by atoms with Crippen LogP contribution in [0.5, 0.6) is 0 Å². The van der Waals surface area contributed by atoms with Gasteiger partial charge in [-0.15, -0.1) is 12.4 Å². The molecule has 0 amide bonds. The van der Waals surface area contributed by atoms with E-state index in [0.717, 1.165) is 17.8 Å². The van der Waals surface area contributed by atoms with Crippen LogP contribution in [0.3, 0.4) is 0 Å². The Morgan fingerprint density at radius 3 is 2.41 bits per heavy atom. The average molecular weight is 319 g/mol. The van der Waals surface area contributed by atoms with Gasteiger partial charge in [0.15, 0.2) is 0 Å². The van der Waals surface area contributed by atoms with Gasteiger partial charge in [-0.1, -0.05) is 30.3 Å². The Morgan fingerprint density at radius 2 is 1.82 bits per heavy atom. The number of aliphatic imine (C=N–C) groups is 1. The lowest BCUT2D eigenvalue weighted by molar-refractivity contribution is 0.834. The standard InChI is InChI=1S/C17H22N4.ClH/c1-12(2)21-17(19)14-8-9-16(15(18)10-14)20-11-13-6-4-3-5-7-13;/h3-10,12,20H,11,18H2,1-2H3,(H2,19,21);1H. The largest absolute Gasteiger partial charge is 0.397 e. The molecule has 5 heteroatoms. The molecule has 2 aromatic carbocycles. The summed E-state index contributed by atoms with van der Waals surface area (Å²) in [4.78, 5) is 4.33. The first kappa shape index (κ1) is 17.9. The van der Waals surface area contributed by atoms with Gasteiger partial charge in [0.25, 0.3) is 0 Å². The third-order valence-corrected chi connectivity index (χ3v) is 3.07. The normalized spacial score (nSPS) is 11.1. The molecule has 0 saturated heterocycles. The molecule has 0 bridgehead atoms. The molecule has 22 heavy (non-hydrogen) atoms. The molecule has 118 valence electrons. The predicted octanol–water partition coefficient (Wildman–Crippen LogP) is 3.42. The topological polar surface area (TPSA) is 76.4 Å². The molecule has 0 spiro atoms. The van der Waals surface area contributed by atoms with E-state index in [2.05, 4.69) is 22.4 Å². The van der Waals surface area contributed by atoms with E-state index in [9.17, 15) is 0 Å². The maximum absolute atomic E-state index is 6.08. The van der Waals surface area contributed by atoms with Crippen LogP contribution in [-0.2, 0) is 6.54 Å². The van der Waals surface area contributed by atoms with Gasteiger partial charge < -0.3 is 16.8 Å². The second kappa shape index (κ2) is 8.29. The lowest BCUT2D eigenvalue weighted by Gasteiger charge is -2.11. The highest BCUT2D eigenvalue weighted by atomic mass is 35.5. The Balaban J connectivity index is 0.00000242. The number of halogens is 1. The maximum atomic E-state index is 6.08. The molecular weight excluding hydrogens is 296 g/mol. The molecule has 2 rings (SSSR count). The molecule has 2 aromatic rings. The van der Waals surface area contributed by atoms with Crippen LogP contribution >= 0.6 is 12.4 Å². The zero-order valence-electron chi connectivity index (χ0n) is 12.9. The zero-order chi connectivity index (χ0) is 15.2. The summed E-state index contributed by atoms with van der Waals surface area (Å²) >= 11 is 0. The summed E-state index contributed by atoms with van der Waals surface area (Å²) in [6.45, 7) is 4.72. The number of nitrogens with two attached hydrogens (primary N) is 2. The SMILES string of the molecule is CC(C)N=C(N)c1ccc(NCc2ccccc2)c(N)c1.Cl. The van der Waals surface area contributed by atoms with Gasteiger partial charge in [-0.3, -0.25) is 4.99 Å². The van der Waals surface area contributed by atoms with Gasteiger partial charge in [0.05, 0.1) is 11.4 Å². The van der Waals surface area contributed by atoms with Crippen molar-refractivity contribution in [2.24, 2.45) is 10.7 Å². The number of anilines is 2. The van der Waals surface area contributed by atoms with E-state index in [1.54, 1.807) is 0 Å². The lowest BCUT2D eigenvalue weighted by Crippen LogP contribution is -2.16. The summed E-state index contributed by atoms with van der Waals surface area (Å²) in [7, 11) is 0. The van der Waals surface area contributed by atoms with Crippen LogP contribution in [0, 0.1) is 0 Å². The molecule has 0 heterocycles. The minimum absolute atomic E-state index is 0. The molecule has 5 N–H and O–H groups in total. The first-order valence-corrected chi connectivity index (χ1v) is 7.07. The smallest absolute Gasteiger partial charge is 0.125 e. The first-order valence-electron chi connectivity index (χ1n) is 7.07. The molecular formula is C17H23ClN4. The van der Waals surface area contributed by atoms with E-state index in [-0.39, 0.29) is 18.4 Å². The van der Waals surface area contributed by atoms with Crippen molar-refractivity contribution in [3.05, 3.63) is 59.7 Å². The van der Waals surface area contributed by atoms with Crippen molar-refractivity contribution in [1.29, 1.82) is 0 Å². The molecule has 0 aliphatic rings. The summed E-state index contributed by atoms with van der Waals surface area (Å²) in [5, 5.41) is 3.33. The number of nitrogens with one attached hydrogen (secondary N) is 1. The zero-order valence-corrected chi connectivity index (χ0v) is 13.7. The molecule has 0 atom stereocenters. The molecule has 0 radical (unpaired) electrons. The van der Waals surface area contributed by atoms with Crippen LogP contribution < -0.4 is 16.8 Å². The van der Waals surface area contributed by atoms with E-state index in [1.165, 1.54) is 5.56 Å². The highest BCUT2D eigenvalue weighted by molar-refractivity contribution is 5.99. The second-order valence-corrected chi connectivity index (χ2v) is 5.25. The minimum Gasteiger partial charge on any atom is -0.397 e. The number of hydrogen-bond donors (Lipinski definition) is 3. The Morgan fingerprint density at radius 1 is 1.14 bits per heavy atom. The van der Waals surface area contributed by atoms with Crippen LogP contribution in [-0.4, -0.2) is 11.9 Å². The average Bonchev–Trinajstić information content (AvgIpc) is 2.46. The summed E-state index contributed by atoms with van der Waals surface area (Å²) in [6, 6.07) is 16.1. The number of nitrogen functional groups attached to an aromatic ring is 1. The highest BCUT2D eigenvalue weighted by Crippen LogP contribution is 2.20.